The standard InChI is InChI=1S/C20H23ClFN4O7P/c1-10(11-5-3-2-4-6-11)23-17-14-12(22)7-26(18(14)25-20(21)24-17)19-16(28)15(27)13(33-19)8-32-9-34(29,30)31/h2-7,10,13,15-16,19,27-28H,8-9H2,1H3,(H,23,24,25)(H2,29,30,31)/t10-,13?,15+,16+,19+/m0/s1. The molecular formula is C20H23ClFN4O7P. The van der Waals surface area contributed by atoms with Crippen LogP contribution in [0.15, 0.2) is 36.5 Å². The van der Waals surface area contributed by atoms with Gasteiger partial charge in [0, 0.05) is 12.2 Å². The molecule has 5 atom stereocenters. The van der Waals surface area contributed by atoms with Crippen LogP contribution in [0.5, 0.6) is 0 Å². The summed E-state index contributed by atoms with van der Waals surface area (Å²) in [6.45, 7) is 1.47. The van der Waals surface area contributed by atoms with E-state index in [2.05, 4.69) is 15.3 Å². The lowest BCUT2D eigenvalue weighted by molar-refractivity contribution is -0.0612. The van der Waals surface area contributed by atoms with Crippen molar-refractivity contribution >= 4 is 36.0 Å². The first-order valence-electron chi connectivity index (χ1n) is 10.2. The molecule has 34 heavy (non-hydrogen) atoms. The summed E-state index contributed by atoms with van der Waals surface area (Å²) in [6.07, 6.45) is -5.19. The molecule has 4 rings (SSSR count). The van der Waals surface area contributed by atoms with Crippen LogP contribution in [0.3, 0.4) is 0 Å². The van der Waals surface area contributed by atoms with Gasteiger partial charge in [0.05, 0.1) is 12.0 Å². The SMILES string of the molecule is C[C@H](Nc1nc(Cl)nc2c1c(F)cn2[C@@H]1OC(COCP(=O)(O)O)[C@@H](O)[C@H]1O)c1ccccc1. The average molecular weight is 517 g/mol. The Morgan fingerprint density at radius 3 is 2.65 bits per heavy atom. The summed E-state index contributed by atoms with van der Waals surface area (Å²) < 4.78 is 37.7. The van der Waals surface area contributed by atoms with Crippen molar-refractivity contribution in [1.29, 1.82) is 0 Å². The van der Waals surface area contributed by atoms with Gasteiger partial charge in [0.15, 0.2) is 17.7 Å². The molecule has 2 aromatic heterocycles. The van der Waals surface area contributed by atoms with E-state index in [-0.39, 0.29) is 28.2 Å². The highest BCUT2D eigenvalue weighted by Gasteiger charge is 2.45. The van der Waals surface area contributed by atoms with Gasteiger partial charge in [0.2, 0.25) is 5.28 Å². The van der Waals surface area contributed by atoms with Crippen molar-refractivity contribution in [1.82, 2.24) is 14.5 Å². The minimum Gasteiger partial charge on any atom is -0.387 e. The molecular weight excluding hydrogens is 494 g/mol. The molecule has 3 heterocycles. The van der Waals surface area contributed by atoms with Crippen LogP contribution in [-0.2, 0) is 14.0 Å². The van der Waals surface area contributed by atoms with E-state index in [1.54, 1.807) is 0 Å². The molecule has 5 N–H and O–H groups in total. The van der Waals surface area contributed by atoms with E-state index in [4.69, 9.17) is 30.9 Å². The van der Waals surface area contributed by atoms with E-state index in [9.17, 15) is 14.8 Å². The molecule has 1 saturated heterocycles. The number of anilines is 1. The van der Waals surface area contributed by atoms with E-state index >= 15 is 4.39 Å². The molecule has 1 aromatic carbocycles. The van der Waals surface area contributed by atoms with Crippen molar-refractivity contribution in [2.24, 2.45) is 0 Å². The topological polar surface area (TPSA) is 159 Å². The number of hydrogen-bond donors (Lipinski definition) is 5. The number of nitrogens with one attached hydrogen (secondary N) is 1. The molecule has 0 bridgehead atoms. The van der Waals surface area contributed by atoms with Gasteiger partial charge in [-0.2, -0.15) is 9.97 Å². The Kier molecular flexibility index (Phi) is 7.22. The van der Waals surface area contributed by atoms with Crippen LogP contribution in [-0.4, -0.2) is 65.8 Å². The maximum absolute atomic E-state index is 15.1. The molecule has 0 amide bonds. The van der Waals surface area contributed by atoms with E-state index in [0.29, 0.717) is 0 Å². The Hall–Kier alpha value is -2.15. The zero-order valence-electron chi connectivity index (χ0n) is 17.8. The van der Waals surface area contributed by atoms with Gasteiger partial charge in [0.25, 0.3) is 0 Å². The number of fused-ring (bicyclic) bond motifs is 1. The zero-order chi connectivity index (χ0) is 24.6. The summed E-state index contributed by atoms with van der Waals surface area (Å²) in [5.41, 5.74) is 0.953. The second kappa shape index (κ2) is 9.84. The van der Waals surface area contributed by atoms with Gasteiger partial charge in [-0.3, -0.25) is 4.57 Å². The smallest absolute Gasteiger partial charge is 0.350 e. The molecule has 0 aliphatic carbocycles. The first kappa shape index (κ1) is 25.0. The number of aliphatic hydroxyl groups excluding tert-OH is 2. The fourth-order valence-electron chi connectivity index (χ4n) is 3.79. The van der Waals surface area contributed by atoms with Gasteiger partial charge >= 0.3 is 7.60 Å². The van der Waals surface area contributed by atoms with Crippen LogP contribution in [0.1, 0.15) is 24.8 Å². The van der Waals surface area contributed by atoms with Crippen molar-refractivity contribution in [2.45, 2.75) is 37.5 Å². The Morgan fingerprint density at radius 2 is 1.97 bits per heavy atom. The number of aliphatic hydroxyl groups is 2. The molecule has 14 heteroatoms. The third-order valence-corrected chi connectivity index (χ3v) is 6.09. The predicted molar refractivity (Wildman–Crippen MR) is 120 cm³/mol. The molecule has 184 valence electrons. The van der Waals surface area contributed by atoms with E-state index in [0.717, 1.165) is 11.8 Å². The first-order valence-corrected chi connectivity index (χ1v) is 12.4. The number of benzene rings is 1. The molecule has 1 aliphatic heterocycles. The monoisotopic (exact) mass is 516 g/mol. The summed E-state index contributed by atoms with van der Waals surface area (Å²) in [4.78, 5) is 26.0. The number of nitrogens with zero attached hydrogens (tertiary/aromatic N) is 3. The van der Waals surface area contributed by atoms with Crippen molar-refractivity contribution < 1.29 is 38.4 Å². The first-order chi connectivity index (χ1) is 16.0. The van der Waals surface area contributed by atoms with Crippen molar-refractivity contribution in [2.75, 3.05) is 18.3 Å². The minimum absolute atomic E-state index is 0.0127. The summed E-state index contributed by atoms with van der Waals surface area (Å²) in [7, 11) is -4.42. The quantitative estimate of drug-likeness (QED) is 0.222. The summed E-state index contributed by atoms with van der Waals surface area (Å²) >= 11 is 6.10. The zero-order valence-corrected chi connectivity index (χ0v) is 19.5. The molecule has 0 saturated carbocycles. The lowest BCUT2D eigenvalue weighted by Gasteiger charge is -2.18. The second-order valence-electron chi connectivity index (χ2n) is 7.91. The number of rotatable bonds is 8. The molecule has 1 fully saturated rings. The molecule has 0 radical (unpaired) electrons. The predicted octanol–water partition coefficient (Wildman–Crippen LogP) is 2.17. The van der Waals surface area contributed by atoms with E-state index in [1.165, 1.54) is 4.57 Å². The molecule has 0 spiro atoms. The number of aromatic nitrogens is 3. The van der Waals surface area contributed by atoms with Crippen molar-refractivity contribution in [3.8, 4) is 0 Å². The van der Waals surface area contributed by atoms with Crippen LogP contribution in [0, 0.1) is 5.82 Å². The highest BCUT2D eigenvalue weighted by atomic mass is 35.5. The fourth-order valence-corrected chi connectivity index (χ4v) is 4.30. The van der Waals surface area contributed by atoms with Gasteiger partial charge in [-0.25, -0.2) is 4.39 Å². The Bertz CT molecular complexity index is 1210. The fraction of sp³-hybridized carbons (Fsp3) is 0.400. The number of halogens is 2. The molecule has 1 unspecified atom stereocenters. The third-order valence-electron chi connectivity index (χ3n) is 5.40. The Labute approximate surface area is 198 Å². The lowest BCUT2D eigenvalue weighted by Crippen LogP contribution is -2.33. The summed E-state index contributed by atoms with van der Waals surface area (Å²) in [6, 6.07) is 9.18. The molecule has 3 aromatic rings. The van der Waals surface area contributed by atoms with Gasteiger partial charge in [-0.05, 0) is 24.1 Å². The molecule has 11 nitrogen and oxygen atoms in total. The molecule has 1 aliphatic rings. The largest absolute Gasteiger partial charge is 0.387 e. The van der Waals surface area contributed by atoms with Gasteiger partial charge in [-0.1, -0.05) is 30.3 Å². The van der Waals surface area contributed by atoms with Crippen LogP contribution in [0.2, 0.25) is 5.28 Å². The van der Waals surface area contributed by atoms with Crippen LogP contribution < -0.4 is 5.32 Å². The maximum Gasteiger partial charge on any atom is 0.350 e. The number of ether oxygens (including phenoxy) is 2. The van der Waals surface area contributed by atoms with Gasteiger partial charge in [-0.15, -0.1) is 0 Å². The third kappa shape index (κ3) is 5.24. The second-order valence-corrected chi connectivity index (χ2v) is 9.84. The summed E-state index contributed by atoms with van der Waals surface area (Å²) in [5, 5.41) is 23.8. The van der Waals surface area contributed by atoms with Crippen molar-refractivity contribution in [3.05, 3.63) is 53.2 Å². The highest BCUT2D eigenvalue weighted by molar-refractivity contribution is 7.51. The van der Waals surface area contributed by atoms with Crippen LogP contribution in [0.4, 0.5) is 10.2 Å². The number of hydrogen-bond acceptors (Lipinski definition) is 8. The normalized spacial score (nSPS) is 24.0. The highest BCUT2D eigenvalue weighted by Crippen LogP contribution is 2.37. The minimum atomic E-state index is -4.42. The van der Waals surface area contributed by atoms with Crippen LogP contribution >= 0.6 is 19.2 Å². The summed E-state index contributed by atoms with van der Waals surface area (Å²) in [5.74, 6) is -0.571. The van der Waals surface area contributed by atoms with Gasteiger partial charge in [0.1, 0.15) is 30.5 Å². The Morgan fingerprint density at radius 1 is 1.26 bits per heavy atom. The lowest BCUT2D eigenvalue weighted by atomic mass is 10.1. The van der Waals surface area contributed by atoms with E-state index < -0.39 is 50.9 Å². The van der Waals surface area contributed by atoms with Gasteiger partial charge < -0.3 is 39.4 Å². The Balaban J connectivity index is 1.62. The van der Waals surface area contributed by atoms with E-state index in [1.807, 2.05) is 37.3 Å². The average Bonchev–Trinajstić information content (AvgIpc) is 3.24. The van der Waals surface area contributed by atoms with Crippen LogP contribution in [0.25, 0.3) is 11.0 Å². The van der Waals surface area contributed by atoms with Crippen molar-refractivity contribution in [3.63, 3.8) is 0 Å². The maximum atomic E-state index is 15.1.